The molecule has 6 heteroatoms. The molecule has 0 aliphatic carbocycles. The average molecular weight is 1060 g/mol. The van der Waals surface area contributed by atoms with Gasteiger partial charge in [0, 0.05) is 19.3 Å². The maximum atomic E-state index is 12.9. The Labute approximate surface area is 474 Å². The SMILES string of the molecule is CC/C=C\C/C=C\C/C=C\C/C=C\C/C=C\CCCCCCCCCCCCCCCC(=O)OCC(COC(=O)CC/C=C\C/C=C\C/C=C\C/C=C\CC)OC(=O)CCCCCCCCC/C=C\C/C=C\C/C=C\CC. The molecular formula is C71H114O6. The number of carbonyl (C=O) groups excluding carboxylic acids is 3. The Kier molecular flexibility index (Phi) is 59.9. The molecule has 0 rings (SSSR count). The zero-order chi connectivity index (χ0) is 55.7. The first-order valence-electron chi connectivity index (χ1n) is 31.3. The summed E-state index contributed by atoms with van der Waals surface area (Å²) in [7, 11) is 0. The van der Waals surface area contributed by atoms with Crippen molar-refractivity contribution in [1.82, 2.24) is 0 Å². The monoisotopic (exact) mass is 1060 g/mol. The molecule has 0 bridgehead atoms. The van der Waals surface area contributed by atoms with Crippen molar-refractivity contribution < 1.29 is 28.6 Å². The molecular weight excluding hydrogens is 949 g/mol. The number of carbonyl (C=O) groups is 3. The maximum Gasteiger partial charge on any atom is 0.306 e. The number of hydrogen-bond acceptors (Lipinski definition) is 6. The third-order valence-corrected chi connectivity index (χ3v) is 12.8. The van der Waals surface area contributed by atoms with Gasteiger partial charge in [-0.15, -0.1) is 0 Å². The summed E-state index contributed by atoms with van der Waals surface area (Å²) in [6, 6.07) is 0. The largest absolute Gasteiger partial charge is 0.462 e. The van der Waals surface area contributed by atoms with Crippen LogP contribution in [0.2, 0.25) is 0 Å². The lowest BCUT2D eigenvalue weighted by molar-refractivity contribution is -0.166. The van der Waals surface area contributed by atoms with Crippen LogP contribution in [0, 0.1) is 0 Å². The highest BCUT2D eigenvalue weighted by Gasteiger charge is 2.19. The van der Waals surface area contributed by atoms with Gasteiger partial charge in [-0.1, -0.05) is 269 Å². The second-order valence-electron chi connectivity index (χ2n) is 20.2. The number of allylic oxidation sites excluding steroid dienone is 24. The molecule has 0 aliphatic rings. The highest BCUT2D eigenvalue weighted by Crippen LogP contribution is 2.15. The van der Waals surface area contributed by atoms with Crippen molar-refractivity contribution in [2.24, 2.45) is 0 Å². The third-order valence-electron chi connectivity index (χ3n) is 12.8. The highest BCUT2D eigenvalue weighted by atomic mass is 16.6. The van der Waals surface area contributed by atoms with Crippen LogP contribution < -0.4 is 0 Å². The molecule has 77 heavy (non-hydrogen) atoms. The van der Waals surface area contributed by atoms with E-state index in [0.29, 0.717) is 19.3 Å². The first kappa shape index (κ1) is 72.3. The van der Waals surface area contributed by atoms with E-state index in [9.17, 15) is 14.4 Å². The van der Waals surface area contributed by atoms with Gasteiger partial charge in [-0.2, -0.15) is 0 Å². The van der Waals surface area contributed by atoms with Crippen molar-refractivity contribution in [1.29, 1.82) is 0 Å². The standard InChI is InChI=1S/C71H114O6/c1-4-7-10-13-16-19-22-25-27-29-30-31-32-33-34-35-36-37-38-39-40-42-43-46-49-52-55-58-61-64-70(73)76-67-68(66-75-69(72)63-60-57-54-51-48-45-24-21-18-15-12-9-6-3)77-71(74)65-62-59-56-53-50-47-44-41-28-26-23-20-17-14-11-8-5-2/h7-12,16-21,25-28,30-31,33-34,45,48,54,57,68H,4-6,13-15,22-24,29,32,35-44,46-47,49-53,55-56,58-67H2,1-3H3/b10-7-,11-8-,12-9-,19-16-,20-17-,21-18-,27-25-,28-26-,31-30-,34-33-,48-45-,57-54-. The molecule has 0 fully saturated rings. The second-order valence-corrected chi connectivity index (χ2v) is 20.2. The fourth-order valence-electron chi connectivity index (χ4n) is 8.26. The molecule has 0 amide bonds. The van der Waals surface area contributed by atoms with Crippen LogP contribution in [0.3, 0.4) is 0 Å². The van der Waals surface area contributed by atoms with Crippen molar-refractivity contribution in [3.05, 3.63) is 146 Å². The summed E-state index contributed by atoms with van der Waals surface area (Å²) in [5, 5.41) is 0. The molecule has 0 aliphatic heterocycles. The van der Waals surface area contributed by atoms with Crippen LogP contribution in [0.5, 0.6) is 0 Å². The number of hydrogen-bond donors (Lipinski definition) is 0. The first-order chi connectivity index (χ1) is 38.0. The minimum absolute atomic E-state index is 0.109. The average Bonchev–Trinajstić information content (AvgIpc) is 3.43. The van der Waals surface area contributed by atoms with E-state index in [1.54, 1.807) is 0 Å². The van der Waals surface area contributed by atoms with Crippen LogP contribution in [-0.4, -0.2) is 37.2 Å². The smallest absolute Gasteiger partial charge is 0.306 e. The summed E-state index contributed by atoms with van der Waals surface area (Å²) in [4.78, 5) is 38.2. The van der Waals surface area contributed by atoms with Crippen molar-refractivity contribution >= 4 is 17.9 Å². The van der Waals surface area contributed by atoms with E-state index in [4.69, 9.17) is 14.2 Å². The second kappa shape index (κ2) is 63.8. The minimum Gasteiger partial charge on any atom is -0.462 e. The van der Waals surface area contributed by atoms with E-state index < -0.39 is 6.10 Å². The molecule has 0 spiro atoms. The van der Waals surface area contributed by atoms with Crippen molar-refractivity contribution in [2.75, 3.05) is 13.2 Å². The molecule has 0 aromatic carbocycles. The van der Waals surface area contributed by atoms with E-state index in [2.05, 4.69) is 161 Å². The van der Waals surface area contributed by atoms with Crippen molar-refractivity contribution in [3.8, 4) is 0 Å². The quantitative estimate of drug-likeness (QED) is 0.0261. The van der Waals surface area contributed by atoms with Gasteiger partial charge in [0.05, 0.1) is 0 Å². The van der Waals surface area contributed by atoms with Gasteiger partial charge in [0.2, 0.25) is 0 Å². The van der Waals surface area contributed by atoms with Gasteiger partial charge in [-0.25, -0.2) is 0 Å². The van der Waals surface area contributed by atoms with Crippen LogP contribution in [0.15, 0.2) is 146 Å². The van der Waals surface area contributed by atoms with Crippen molar-refractivity contribution in [2.45, 2.75) is 271 Å². The van der Waals surface area contributed by atoms with Crippen molar-refractivity contribution in [3.63, 3.8) is 0 Å². The topological polar surface area (TPSA) is 78.9 Å². The predicted octanol–water partition coefficient (Wildman–Crippen LogP) is 21.5. The van der Waals surface area contributed by atoms with E-state index in [-0.39, 0.29) is 37.5 Å². The Morgan fingerprint density at radius 2 is 0.494 bits per heavy atom. The van der Waals surface area contributed by atoms with Gasteiger partial charge in [0.25, 0.3) is 0 Å². The molecule has 434 valence electrons. The summed E-state index contributed by atoms with van der Waals surface area (Å²) < 4.78 is 16.8. The van der Waals surface area contributed by atoms with E-state index in [1.807, 2.05) is 6.08 Å². The van der Waals surface area contributed by atoms with Crippen LogP contribution in [-0.2, 0) is 28.6 Å². The number of ether oxygens (including phenoxy) is 3. The summed E-state index contributed by atoms with van der Waals surface area (Å²) in [6.07, 6.45) is 91.6. The number of rotatable bonds is 55. The molecule has 1 atom stereocenters. The number of unbranched alkanes of at least 4 members (excludes halogenated alkanes) is 20. The van der Waals surface area contributed by atoms with Gasteiger partial charge >= 0.3 is 17.9 Å². The van der Waals surface area contributed by atoms with Gasteiger partial charge in [-0.3, -0.25) is 14.4 Å². The molecule has 6 nitrogen and oxygen atoms in total. The molecule has 1 unspecified atom stereocenters. The molecule has 0 N–H and O–H groups in total. The minimum atomic E-state index is -0.818. The first-order valence-corrected chi connectivity index (χ1v) is 31.3. The molecule has 0 aromatic rings. The molecule has 0 saturated carbocycles. The maximum absolute atomic E-state index is 12.9. The van der Waals surface area contributed by atoms with E-state index >= 15 is 0 Å². The van der Waals surface area contributed by atoms with Crippen LogP contribution in [0.4, 0.5) is 0 Å². The zero-order valence-corrected chi connectivity index (χ0v) is 49.7. The highest BCUT2D eigenvalue weighted by molar-refractivity contribution is 5.71. The Balaban J connectivity index is 4.33. The lowest BCUT2D eigenvalue weighted by atomic mass is 10.0. The number of esters is 3. The molecule has 0 aromatic heterocycles. The Bertz CT molecular complexity index is 1700. The summed E-state index contributed by atoms with van der Waals surface area (Å²) >= 11 is 0. The Hall–Kier alpha value is -4.71. The fourth-order valence-corrected chi connectivity index (χ4v) is 8.26. The lowest BCUT2D eigenvalue weighted by Crippen LogP contribution is -2.30. The van der Waals surface area contributed by atoms with E-state index in [1.165, 1.54) is 89.9 Å². The Morgan fingerprint density at radius 1 is 0.260 bits per heavy atom. The Morgan fingerprint density at radius 3 is 0.805 bits per heavy atom. The molecule has 0 radical (unpaired) electrons. The molecule has 0 saturated heterocycles. The van der Waals surface area contributed by atoms with Gasteiger partial charge in [0.15, 0.2) is 6.10 Å². The van der Waals surface area contributed by atoms with E-state index in [0.717, 1.165) is 128 Å². The fraction of sp³-hybridized carbons (Fsp3) is 0.620. The van der Waals surface area contributed by atoms with Crippen LogP contribution >= 0.6 is 0 Å². The van der Waals surface area contributed by atoms with Gasteiger partial charge < -0.3 is 14.2 Å². The van der Waals surface area contributed by atoms with Crippen LogP contribution in [0.1, 0.15) is 265 Å². The third kappa shape index (κ3) is 62.0. The van der Waals surface area contributed by atoms with Crippen LogP contribution in [0.25, 0.3) is 0 Å². The summed E-state index contributed by atoms with van der Waals surface area (Å²) in [5.74, 6) is -1.01. The van der Waals surface area contributed by atoms with Gasteiger partial charge in [-0.05, 0) is 122 Å². The summed E-state index contributed by atoms with van der Waals surface area (Å²) in [6.45, 7) is 6.23. The predicted molar refractivity (Wildman–Crippen MR) is 334 cm³/mol. The summed E-state index contributed by atoms with van der Waals surface area (Å²) in [5.41, 5.74) is 0. The van der Waals surface area contributed by atoms with Gasteiger partial charge in [0.1, 0.15) is 13.2 Å². The zero-order valence-electron chi connectivity index (χ0n) is 49.7. The molecule has 0 heterocycles. The normalized spacial score (nSPS) is 13.1. The lowest BCUT2D eigenvalue weighted by Gasteiger charge is -2.18.